The van der Waals surface area contributed by atoms with Crippen LogP contribution in [0.3, 0.4) is 0 Å². The van der Waals surface area contributed by atoms with E-state index in [0.29, 0.717) is 17.7 Å². The van der Waals surface area contributed by atoms with Crippen molar-refractivity contribution in [1.29, 1.82) is 5.26 Å². The molecule has 0 aliphatic rings. The Hall–Kier alpha value is -2.83. The molecule has 2 N–H and O–H groups in total. The maximum Gasteiger partial charge on any atom is 0.234 e. The Balaban J connectivity index is 2.07. The lowest BCUT2D eigenvalue weighted by Crippen LogP contribution is -2.40. The summed E-state index contributed by atoms with van der Waals surface area (Å²) >= 11 is 0. The van der Waals surface area contributed by atoms with Gasteiger partial charge in [0.2, 0.25) is 5.91 Å². The Morgan fingerprint density at radius 1 is 1.24 bits per heavy atom. The molecule has 1 aromatic heterocycles. The van der Waals surface area contributed by atoms with E-state index in [-0.39, 0.29) is 5.75 Å². The van der Waals surface area contributed by atoms with Gasteiger partial charge in [-0.1, -0.05) is 30.3 Å². The number of alkyl halides is 1. The van der Waals surface area contributed by atoms with Gasteiger partial charge in [-0.25, -0.2) is 12.8 Å². The van der Waals surface area contributed by atoms with Crippen molar-refractivity contribution in [3.8, 4) is 17.2 Å². The van der Waals surface area contributed by atoms with Crippen LogP contribution >= 0.6 is 0 Å². The standard InChI is InChI=1S/C20H22FN3O4S/c1-29(27,28)11-9-17-7-6-16(13-23-17)14-2-4-15(5-3-14)20(26)18(12-21)24-19(25)8-10-22/h2-7,13,18,20,26H,8-9,11-12H2,1H3,(H,24,25)/t18-,20-/m1/s1. The third-order valence-corrected chi connectivity index (χ3v) is 5.22. The van der Waals surface area contributed by atoms with Crippen LogP contribution in [0.1, 0.15) is 23.8 Å². The number of hydrogen-bond acceptors (Lipinski definition) is 6. The first-order valence-electron chi connectivity index (χ1n) is 8.87. The summed E-state index contributed by atoms with van der Waals surface area (Å²) in [6.45, 7) is -0.973. The fraction of sp³-hybridized carbons (Fsp3) is 0.350. The van der Waals surface area contributed by atoms with Gasteiger partial charge < -0.3 is 10.4 Å². The summed E-state index contributed by atoms with van der Waals surface area (Å²) in [7, 11) is -3.05. The van der Waals surface area contributed by atoms with Crippen molar-refractivity contribution in [1.82, 2.24) is 10.3 Å². The molecule has 7 nitrogen and oxygen atoms in total. The molecule has 0 bridgehead atoms. The average molecular weight is 419 g/mol. The summed E-state index contributed by atoms with van der Waals surface area (Å²) in [5.41, 5.74) is 2.71. The van der Waals surface area contributed by atoms with Crippen molar-refractivity contribution in [3.05, 3.63) is 53.9 Å². The van der Waals surface area contributed by atoms with Crippen LogP contribution in [0.2, 0.25) is 0 Å². The number of aromatic nitrogens is 1. The van der Waals surface area contributed by atoms with Gasteiger partial charge in [0, 0.05) is 30.1 Å². The number of nitrogens with zero attached hydrogens (tertiary/aromatic N) is 2. The molecule has 2 atom stereocenters. The van der Waals surface area contributed by atoms with E-state index in [1.54, 1.807) is 42.6 Å². The summed E-state index contributed by atoms with van der Waals surface area (Å²) in [6, 6.07) is 10.8. The molecule has 0 saturated carbocycles. The fourth-order valence-electron chi connectivity index (χ4n) is 2.67. The number of halogens is 1. The molecule has 1 amide bonds. The highest BCUT2D eigenvalue weighted by Gasteiger charge is 2.22. The Bertz CT molecular complexity index is 970. The molecular weight excluding hydrogens is 397 g/mol. The number of rotatable bonds is 9. The Morgan fingerprint density at radius 2 is 1.90 bits per heavy atom. The fourth-order valence-corrected chi connectivity index (χ4v) is 3.25. The van der Waals surface area contributed by atoms with E-state index in [0.717, 1.165) is 11.1 Å². The maximum absolute atomic E-state index is 13.2. The minimum Gasteiger partial charge on any atom is -0.386 e. The number of aliphatic hydroxyl groups excluding tert-OH is 1. The largest absolute Gasteiger partial charge is 0.386 e. The molecule has 0 radical (unpaired) electrons. The topological polar surface area (TPSA) is 120 Å². The van der Waals surface area contributed by atoms with Crippen molar-refractivity contribution in [3.63, 3.8) is 0 Å². The molecule has 0 spiro atoms. The van der Waals surface area contributed by atoms with Crippen LogP contribution < -0.4 is 5.32 Å². The smallest absolute Gasteiger partial charge is 0.234 e. The molecule has 2 rings (SSSR count). The normalized spacial score (nSPS) is 13.3. The van der Waals surface area contributed by atoms with E-state index >= 15 is 0 Å². The number of aliphatic hydroxyl groups is 1. The molecule has 0 saturated heterocycles. The second kappa shape index (κ2) is 10.1. The molecule has 0 unspecified atom stereocenters. The van der Waals surface area contributed by atoms with Gasteiger partial charge in [-0.15, -0.1) is 0 Å². The van der Waals surface area contributed by atoms with Crippen LogP contribution in [0, 0.1) is 11.3 Å². The van der Waals surface area contributed by atoms with Crippen LogP contribution in [0.4, 0.5) is 4.39 Å². The van der Waals surface area contributed by atoms with E-state index in [1.807, 2.05) is 6.07 Å². The molecule has 1 aromatic carbocycles. The molecular formula is C20H22FN3O4S. The number of nitrogens with one attached hydrogen (secondary N) is 1. The second-order valence-electron chi connectivity index (χ2n) is 6.65. The van der Waals surface area contributed by atoms with Crippen LogP contribution in [-0.2, 0) is 21.1 Å². The lowest BCUT2D eigenvalue weighted by atomic mass is 9.99. The Kier molecular flexibility index (Phi) is 7.82. The van der Waals surface area contributed by atoms with Crippen LogP contribution in [0.5, 0.6) is 0 Å². The molecule has 2 aromatic rings. The van der Waals surface area contributed by atoms with E-state index in [2.05, 4.69) is 10.3 Å². The zero-order valence-electron chi connectivity index (χ0n) is 15.9. The number of carbonyl (C=O) groups is 1. The number of nitriles is 1. The van der Waals surface area contributed by atoms with E-state index in [1.165, 1.54) is 6.26 Å². The van der Waals surface area contributed by atoms with Gasteiger partial charge in [-0.2, -0.15) is 5.26 Å². The number of sulfone groups is 1. The zero-order chi connectivity index (χ0) is 21.4. The van der Waals surface area contributed by atoms with Gasteiger partial charge in [0.25, 0.3) is 0 Å². The highest BCUT2D eigenvalue weighted by Crippen LogP contribution is 2.23. The minimum absolute atomic E-state index is 0.0343. The minimum atomic E-state index is -3.05. The average Bonchev–Trinajstić information content (AvgIpc) is 2.70. The number of amides is 1. The van der Waals surface area contributed by atoms with E-state index in [9.17, 15) is 22.7 Å². The first-order chi connectivity index (χ1) is 13.7. The number of hydrogen-bond donors (Lipinski definition) is 2. The third kappa shape index (κ3) is 6.93. The van der Waals surface area contributed by atoms with Gasteiger partial charge in [-0.05, 0) is 17.2 Å². The summed E-state index contributed by atoms with van der Waals surface area (Å²) in [4.78, 5) is 15.7. The monoisotopic (exact) mass is 419 g/mol. The first kappa shape index (κ1) is 22.5. The Labute approximate surface area is 169 Å². The van der Waals surface area contributed by atoms with Gasteiger partial charge in [0.1, 0.15) is 29.0 Å². The zero-order valence-corrected chi connectivity index (χ0v) is 16.7. The molecule has 29 heavy (non-hydrogen) atoms. The number of aryl methyl sites for hydroxylation is 1. The van der Waals surface area contributed by atoms with Crippen LogP contribution in [0.15, 0.2) is 42.6 Å². The highest BCUT2D eigenvalue weighted by atomic mass is 32.2. The van der Waals surface area contributed by atoms with E-state index < -0.39 is 41.0 Å². The lowest BCUT2D eigenvalue weighted by Gasteiger charge is -2.21. The van der Waals surface area contributed by atoms with Gasteiger partial charge >= 0.3 is 0 Å². The lowest BCUT2D eigenvalue weighted by molar-refractivity contribution is -0.121. The van der Waals surface area contributed by atoms with Crippen LogP contribution in [-0.4, -0.2) is 49.1 Å². The molecule has 0 aliphatic heterocycles. The number of benzene rings is 1. The quantitative estimate of drug-likeness (QED) is 0.639. The van der Waals surface area contributed by atoms with Crippen molar-refractivity contribution >= 4 is 15.7 Å². The summed E-state index contributed by atoms with van der Waals surface area (Å²) in [6.07, 6.45) is 1.49. The van der Waals surface area contributed by atoms with Gasteiger partial charge in [0.05, 0.1) is 17.9 Å². The Morgan fingerprint density at radius 3 is 2.41 bits per heavy atom. The summed E-state index contributed by atoms with van der Waals surface area (Å²) in [5, 5.41) is 21.1. The van der Waals surface area contributed by atoms with E-state index in [4.69, 9.17) is 5.26 Å². The molecule has 0 fully saturated rings. The predicted octanol–water partition coefficient (Wildman–Crippen LogP) is 1.74. The summed E-state index contributed by atoms with van der Waals surface area (Å²) in [5.74, 6) is -0.611. The van der Waals surface area contributed by atoms with Crippen molar-refractivity contribution in [2.45, 2.75) is 25.0 Å². The molecule has 154 valence electrons. The molecule has 9 heteroatoms. The SMILES string of the molecule is CS(=O)(=O)CCc1ccc(-c2ccc([C@@H](O)[C@@H](CF)NC(=O)CC#N)cc2)cn1. The van der Waals surface area contributed by atoms with Gasteiger partial charge in [0.15, 0.2) is 0 Å². The maximum atomic E-state index is 13.2. The van der Waals surface area contributed by atoms with Crippen molar-refractivity contribution in [2.75, 3.05) is 18.7 Å². The summed E-state index contributed by atoms with van der Waals surface area (Å²) < 4.78 is 35.7. The second-order valence-corrected chi connectivity index (χ2v) is 8.91. The number of pyridine rings is 1. The number of carbonyl (C=O) groups excluding carboxylic acids is 1. The molecule has 0 aliphatic carbocycles. The van der Waals surface area contributed by atoms with Crippen molar-refractivity contribution in [2.24, 2.45) is 0 Å². The highest BCUT2D eigenvalue weighted by molar-refractivity contribution is 7.90. The third-order valence-electron chi connectivity index (χ3n) is 4.27. The van der Waals surface area contributed by atoms with Crippen molar-refractivity contribution < 1.29 is 22.7 Å². The molecule has 1 heterocycles. The first-order valence-corrected chi connectivity index (χ1v) is 10.9. The van der Waals surface area contributed by atoms with Crippen LogP contribution in [0.25, 0.3) is 11.1 Å². The predicted molar refractivity (Wildman–Crippen MR) is 106 cm³/mol. The van der Waals surface area contributed by atoms with Gasteiger partial charge in [-0.3, -0.25) is 9.78 Å².